The van der Waals surface area contributed by atoms with Gasteiger partial charge in [-0.3, -0.25) is 0 Å². The fraction of sp³-hybridized carbons (Fsp3) is 0.741. The minimum atomic E-state index is -1.31. The number of benzene rings is 1. The summed E-state index contributed by atoms with van der Waals surface area (Å²) in [7, 11) is 0. The van der Waals surface area contributed by atoms with E-state index in [0.717, 1.165) is 6.42 Å². The van der Waals surface area contributed by atoms with Crippen LogP contribution in [0.3, 0.4) is 0 Å². The van der Waals surface area contributed by atoms with Gasteiger partial charge in [0.2, 0.25) is 0 Å². The van der Waals surface area contributed by atoms with Crippen molar-refractivity contribution in [2.45, 2.75) is 89.2 Å². The quantitative estimate of drug-likeness (QED) is 0.325. The number of aliphatic hydroxyl groups is 1. The van der Waals surface area contributed by atoms with E-state index in [9.17, 15) is 23.1 Å². The Morgan fingerprint density at radius 3 is 2.47 bits per heavy atom. The van der Waals surface area contributed by atoms with E-state index in [1.54, 1.807) is 33.8 Å². The van der Waals surface area contributed by atoms with E-state index >= 15 is 0 Å². The molecule has 0 saturated carbocycles. The first-order valence-electron chi connectivity index (χ1n) is 12.9. The van der Waals surface area contributed by atoms with Gasteiger partial charge < -0.3 is 0 Å². The van der Waals surface area contributed by atoms with Crippen LogP contribution < -0.4 is 4.74 Å². The number of nitrogens with zero attached hydrogens (tertiary/aromatic N) is 1. The molecule has 1 fully saturated rings. The van der Waals surface area contributed by atoms with Crippen molar-refractivity contribution in [2.24, 2.45) is 5.41 Å². The molecule has 5 atom stereocenters. The maximum absolute atomic E-state index is 14.2. The number of rotatable bonds is 12. The Bertz CT molecular complexity index is 898. The molecule has 0 spiro atoms. The van der Waals surface area contributed by atoms with E-state index in [4.69, 9.17) is 18.9 Å². The molecule has 1 amide bonds. The van der Waals surface area contributed by atoms with Gasteiger partial charge in [-0.15, -0.1) is 0 Å². The monoisotopic (exact) mass is 607 g/mol. The Kier molecular flexibility index (Phi) is 12.3. The summed E-state index contributed by atoms with van der Waals surface area (Å²) >= 11 is 2.37. The second kappa shape index (κ2) is 14.2. The van der Waals surface area contributed by atoms with Crippen LogP contribution in [-0.4, -0.2) is 90.1 Å². The average Bonchev–Trinajstić information content (AvgIpc) is 2.84. The molecule has 1 aromatic carbocycles. The molecule has 1 aliphatic heterocycles. The summed E-state index contributed by atoms with van der Waals surface area (Å²) in [6, 6.07) is 2.97. The summed E-state index contributed by atoms with van der Waals surface area (Å²) < 4.78 is 63.1. The molecular weight excluding hydrogens is 566 g/mol. The molecule has 1 N–H and O–H groups in total. The van der Waals surface area contributed by atoms with Crippen molar-refractivity contribution in [3.8, 4) is 5.75 Å². The van der Waals surface area contributed by atoms with E-state index in [-0.39, 0.29) is 19.6 Å². The van der Waals surface area contributed by atoms with Crippen molar-refractivity contribution in [3.05, 3.63) is 29.6 Å². The van der Waals surface area contributed by atoms with Crippen LogP contribution >= 0.6 is 0 Å². The zero-order chi connectivity index (χ0) is 28.7. The van der Waals surface area contributed by atoms with Crippen LogP contribution in [0.5, 0.6) is 5.75 Å². The van der Waals surface area contributed by atoms with Gasteiger partial charge in [-0.25, -0.2) is 0 Å². The van der Waals surface area contributed by atoms with Gasteiger partial charge in [-0.05, 0) is 0 Å². The summed E-state index contributed by atoms with van der Waals surface area (Å²) in [5, 5.41) is 11.0. The van der Waals surface area contributed by atoms with Gasteiger partial charge in [0, 0.05) is 0 Å². The molecule has 1 aromatic rings. The molecule has 0 aromatic heterocycles. The zero-order valence-electron chi connectivity index (χ0n) is 23.1. The summed E-state index contributed by atoms with van der Waals surface area (Å²) in [6.07, 6.45) is -1.54. The number of halogens is 3. The van der Waals surface area contributed by atoms with Crippen molar-refractivity contribution in [3.63, 3.8) is 0 Å². The Balaban J connectivity index is 2.21. The molecule has 1 saturated heterocycles. The zero-order valence-corrected chi connectivity index (χ0v) is 25.0. The molecule has 11 heteroatoms. The number of hydrogen-bond donors (Lipinski definition) is 1. The van der Waals surface area contributed by atoms with Crippen LogP contribution in [0.4, 0.5) is 18.0 Å². The number of ether oxygens (including phenoxy) is 4. The summed E-state index contributed by atoms with van der Waals surface area (Å²) in [5.41, 5.74) is -1.72. The molecule has 216 valence electrons. The average molecular weight is 608 g/mol. The summed E-state index contributed by atoms with van der Waals surface area (Å²) in [4.78, 5) is 14.7. The number of morpholine rings is 1. The topological polar surface area (TPSA) is 77.5 Å². The number of hydrogen-bond acceptors (Lipinski definition) is 6. The molecule has 7 nitrogen and oxygen atoms in total. The number of amides is 1. The van der Waals surface area contributed by atoms with Crippen molar-refractivity contribution in [1.82, 2.24) is 4.90 Å². The van der Waals surface area contributed by atoms with Crippen LogP contribution in [0.15, 0.2) is 18.2 Å². The maximum atomic E-state index is 14.2. The van der Waals surface area contributed by atoms with Crippen LogP contribution in [0, 0.1) is 11.2 Å². The SMILES string of the molecule is CCCOc1cc(F)cc(C(O)C([As])CC2COC(OCC(C)(CF)CF)C(C)N2C(=O)OC(C)(C)C)c1. The van der Waals surface area contributed by atoms with Crippen LogP contribution in [0.1, 0.15) is 66.1 Å². The van der Waals surface area contributed by atoms with Crippen LogP contribution in [0.25, 0.3) is 0 Å². The van der Waals surface area contributed by atoms with Gasteiger partial charge in [0.25, 0.3) is 0 Å². The summed E-state index contributed by atoms with van der Waals surface area (Å²) in [6.45, 7) is 8.77. The second-order valence-corrected chi connectivity index (χ2v) is 12.6. The van der Waals surface area contributed by atoms with Crippen molar-refractivity contribution in [2.75, 3.05) is 33.2 Å². The van der Waals surface area contributed by atoms with Gasteiger partial charge in [0.1, 0.15) is 0 Å². The Morgan fingerprint density at radius 1 is 1.24 bits per heavy atom. The van der Waals surface area contributed by atoms with Crippen LogP contribution in [0.2, 0.25) is 4.71 Å². The molecule has 2 radical (unpaired) electrons. The van der Waals surface area contributed by atoms with Crippen LogP contribution in [-0.2, 0) is 14.2 Å². The minimum absolute atomic E-state index is 0.0468. The van der Waals surface area contributed by atoms with E-state index in [2.05, 4.69) is 16.9 Å². The van der Waals surface area contributed by atoms with E-state index < -0.39 is 65.5 Å². The predicted molar refractivity (Wildman–Crippen MR) is 138 cm³/mol. The van der Waals surface area contributed by atoms with Crippen molar-refractivity contribution in [1.29, 1.82) is 0 Å². The number of carbonyl (C=O) groups is 1. The van der Waals surface area contributed by atoms with Gasteiger partial charge >= 0.3 is 233 Å². The van der Waals surface area contributed by atoms with Gasteiger partial charge in [-0.1, -0.05) is 0 Å². The Labute approximate surface area is 232 Å². The molecule has 2 rings (SSSR count). The van der Waals surface area contributed by atoms with E-state index in [0.29, 0.717) is 17.9 Å². The van der Waals surface area contributed by atoms with E-state index in [1.165, 1.54) is 24.0 Å². The fourth-order valence-corrected chi connectivity index (χ4v) is 4.84. The first kappa shape index (κ1) is 32.7. The number of alkyl halides is 2. The van der Waals surface area contributed by atoms with Gasteiger partial charge in [0.05, 0.1) is 0 Å². The van der Waals surface area contributed by atoms with E-state index in [1.807, 2.05) is 6.92 Å². The van der Waals surface area contributed by atoms with Crippen molar-refractivity contribution >= 4 is 22.9 Å². The first-order valence-corrected chi connectivity index (χ1v) is 14.0. The normalized spacial score (nSPS) is 22.2. The Morgan fingerprint density at radius 2 is 1.89 bits per heavy atom. The number of carbonyl (C=O) groups excluding carboxylic acids is 1. The molecule has 0 aliphatic carbocycles. The molecule has 0 bridgehead atoms. The second-order valence-electron chi connectivity index (χ2n) is 11.2. The molecule has 1 aliphatic rings. The molecule has 1 heterocycles. The van der Waals surface area contributed by atoms with Gasteiger partial charge in [0.15, 0.2) is 0 Å². The molecule has 38 heavy (non-hydrogen) atoms. The molecule has 5 unspecified atom stereocenters. The molecular formula is C27H41AsF3NO6. The van der Waals surface area contributed by atoms with Crippen molar-refractivity contribution < 1.29 is 42.0 Å². The summed E-state index contributed by atoms with van der Waals surface area (Å²) in [5.74, 6) is -0.190. The standard InChI is InChI=1S/C27H41AsF3NO6/c1-7-8-35-21-10-18(9-19(31)11-21)23(33)22(28)12-20-13-36-24(37-16-27(6,14-29)15-30)17(2)32(20)25(34)38-26(3,4)5/h9-11,17,20,22-24,33H,7-8,12-16H2,1-6H3. The predicted octanol–water partition coefficient (Wildman–Crippen LogP) is 5.31. The third-order valence-corrected chi connectivity index (χ3v) is 7.15. The first-order chi connectivity index (χ1) is 17.7. The van der Waals surface area contributed by atoms with Gasteiger partial charge in [-0.2, -0.15) is 0 Å². The number of aliphatic hydroxyl groups excluding tert-OH is 1. The Hall–Kier alpha value is -1.48. The third-order valence-electron chi connectivity index (χ3n) is 6.11. The fourth-order valence-electron chi connectivity index (χ4n) is 3.97. The third kappa shape index (κ3) is 9.32.